The molecular weight excluding hydrogens is 388 g/mol. The fraction of sp³-hybridized carbons (Fsp3) is 0.381. The van der Waals surface area contributed by atoms with Crippen molar-refractivity contribution in [1.82, 2.24) is 10.6 Å². The number of hydrogen-bond acceptors (Lipinski definition) is 7. The van der Waals surface area contributed by atoms with Gasteiger partial charge < -0.3 is 30.6 Å². The molecule has 160 valence electrons. The summed E-state index contributed by atoms with van der Waals surface area (Å²) in [7, 11) is 2.85. The minimum absolute atomic E-state index is 0.0178. The van der Waals surface area contributed by atoms with E-state index in [-0.39, 0.29) is 29.4 Å². The molecule has 9 nitrogen and oxygen atoms in total. The number of methoxy groups -OCH3 is 2. The number of ether oxygens (including phenoxy) is 2. The molecule has 0 spiro atoms. The van der Waals surface area contributed by atoms with E-state index in [9.17, 15) is 15.1 Å². The van der Waals surface area contributed by atoms with Gasteiger partial charge in [0.1, 0.15) is 5.76 Å². The highest BCUT2D eigenvalue weighted by molar-refractivity contribution is 6.10. The Bertz CT molecular complexity index is 914. The maximum atomic E-state index is 12.7. The first-order chi connectivity index (χ1) is 14.4. The molecule has 30 heavy (non-hydrogen) atoms. The van der Waals surface area contributed by atoms with E-state index in [1.54, 1.807) is 18.3 Å². The molecule has 9 heteroatoms. The summed E-state index contributed by atoms with van der Waals surface area (Å²) in [5, 5.41) is 34.0. The summed E-state index contributed by atoms with van der Waals surface area (Å²) < 4.78 is 11.0. The molecule has 5 N–H and O–H groups in total. The molecule has 2 aliphatic carbocycles. The number of carbonyl (C=O) groups excluding carboxylic acids is 1. The molecule has 1 fully saturated rings. The third-order valence-corrected chi connectivity index (χ3v) is 5.16. The van der Waals surface area contributed by atoms with Crippen molar-refractivity contribution in [2.45, 2.75) is 37.8 Å². The summed E-state index contributed by atoms with van der Waals surface area (Å²) in [5.41, 5.74) is 1.18. The molecule has 0 bridgehead atoms. The van der Waals surface area contributed by atoms with Gasteiger partial charge in [-0.15, -0.1) is 0 Å². The first-order valence-corrected chi connectivity index (χ1v) is 9.73. The van der Waals surface area contributed by atoms with E-state index in [4.69, 9.17) is 14.9 Å². The predicted molar refractivity (Wildman–Crippen MR) is 108 cm³/mol. The number of rotatable bonds is 6. The van der Waals surface area contributed by atoms with Crippen LogP contribution in [-0.4, -0.2) is 48.3 Å². The lowest BCUT2D eigenvalue weighted by Gasteiger charge is -2.26. The van der Waals surface area contributed by atoms with Gasteiger partial charge in [0.2, 0.25) is 0 Å². The number of amides is 1. The van der Waals surface area contributed by atoms with Crippen LogP contribution in [0.1, 0.15) is 36.2 Å². The second kappa shape index (κ2) is 9.45. The second-order valence-electron chi connectivity index (χ2n) is 7.18. The summed E-state index contributed by atoms with van der Waals surface area (Å²) in [6.45, 7) is 0. The zero-order chi connectivity index (χ0) is 21.7. The molecule has 1 saturated carbocycles. The van der Waals surface area contributed by atoms with Crippen LogP contribution in [0.25, 0.3) is 0 Å². The number of aliphatic hydroxyl groups is 1. The summed E-state index contributed by atoms with van der Waals surface area (Å²) in [6, 6.07) is 4.80. The van der Waals surface area contributed by atoms with Crippen molar-refractivity contribution >= 4 is 11.6 Å². The largest absolute Gasteiger partial charge is 0.494 e. The van der Waals surface area contributed by atoms with Gasteiger partial charge >= 0.3 is 17.5 Å². The molecule has 0 radical (unpaired) electrons. The molecule has 1 heterocycles. The number of pyridine rings is 1. The van der Waals surface area contributed by atoms with E-state index in [0.29, 0.717) is 21.8 Å². The van der Waals surface area contributed by atoms with E-state index in [2.05, 4.69) is 10.6 Å². The summed E-state index contributed by atoms with van der Waals surface area (Å²) >= 11 is 0. The van der Waals surface area contributed by atoms with Crippen molar-refractivity contribution < 1.29 is 29.3 Å². The van der Waals surface area contributed by atoms with Gasteiger partial charge in [0.05, 0.1) is 42.5 Å². The highest BCUT2D eigenvalue weighted by Crippen LogP contribution is 2.21. The van der Waals surface area contributed by atoms with Crippen LogP contribution in [0.4, 0.5) is 0 Å². The second-order valence-corrected chi connectivity index (χ2v) is 7.18. The average Bonchev–Trinajstić information content (AvgIpc) is 2.74. The number of nitrogens with zero attached hydrogens (tertiary/aromatic N) is 1. The van der Waals surface area contributed by atoms with E-state index in [0.717, 1.165) is 25.7 Å². The maximum Gasteiger partial charge on any atom is 0.417 e. The van der Waals surface area contributed by atoms with Gasteiger partial charge in [-0.2, -0.15) is 0 Å². The number of carbonyl (C=O) groups is 1. The third-order valence-electron chi connectivity index (χ3n) is 5.16. The van der Waals surface area contributed by atoms with Crippen LogP contribution in [0.3, 0.4) is 0 Å². The van der Waals surface area contributed by atoms with Gasteiger partial charge in [0.25, 0.3) is 0 Å². The summed E-state index contributed by atoms with van der Waals surface area (Å²) in [6.07, 6.45) is 7.91. The molecule has 1 aromatic heterocycles. The van der Waals surface area contributed by atoms with Crippen LogP contribution in [0.15, 0.2) is 53.6 Å². The van der Waals surface area contributed by atoms with Crippen molar-refractivity contribution in [3.63, 3.8) is 0 Å². The van der Waals surface area contributed by atoms with Gasteiger partial charge in [-0.3, -0.25) is 10.0 Å². The number of allylic oxidation sites excluding steroid dienone is 3. The molecule has 0 unspecified atom stereocenters. The molecule has 0 aliphatic heterocycles. The predicted octanol–water partition coefficient (Wildman–Crippen LogP) is 1.17. The Morgan fingerprint density at radius 3 is 2.60 bits per heavy atom. The van der Waals surface area contributed by atoms with Gasteiger partial charge in [-0.25, -0.2) is 0 Å². The fourth-order valence-electron chi connectivity index (χ4n) is 3.43. The van der Waals surface area contributed by atoms with Crippen LogP contribution >= 0.6 is 0 Å². The highest BCUT2D eigenvalue weighted by Gasteiger charge is 2.27. The van der Waals surface area contributed by atoms with E-state index in [1.165, 1.54) is 32.4 Å². The van der Waals surface area contributed by atoms with Crippen molar-refractivity contribution in [2.75, 3.05) is 14.2 Å². The van der Waals surface area contributed by atoms with Gasteiger partial charge in [-0.1, -0.05) is 0 Å². The van der Waals surface area contributed by atoms with Gasteiger partial charge in [0, 0.05) is 30.0 Å². The normalized spacial score (nSPS) is 22.8. The minimum Gasteiger partial charge on any atom is -0.494 e. The topological polar surface area (TPSA) is 128 Å². The molecule has 1 amide bonds. The van der Waals surface area contributed by atoms with Crippen LogP contribution in [-0.2, 0) is 4.74 Å². The Balaban J connectivity index is 1.78. The first kappa shape index (κ1) is 21.4. The lowest BCUT2D eigenvalue weighted by atomic mass is 9.93. The molecule has 0 aromatic carbocycles. The highest BCUT2D eigenvalue weighted by atomic mass is 16.5. The Kier molecular flexibility index (Phi) is 6.73. The van der Waals surface area contributed by atoms with E-state index < -0.39 is 5.91 Å². The number of hydrogen-bond donors (Lipinski definition) is 5. The average molecular weight is 415 g/mol. The van der Waals surface area contributed by atoms with E-state index >= 15 is 0 Å². The lowest BCUT2D eigenvalue weighted by molar-refractivity contribution is -0.907. The molecule has 2 aliphatic rings. The Labute approximate surface area is 174 Å². The van der Waals surface area contributed by atoms with Gasteiger partial charge in [-0.05, 0) is 37.8 Å². The maximum absolute atomic E-state index is 12.7. The summed E-state index contributed by atoms with van der Waals surface area (Å²) in [5.74, 6) is -0.113. The molecule has 1 aromatic rings. The third kappa shape index (κ3) is 4.80. The molecule has 0 atom stereocenters. The van der Waals surface area contributed by atoms with Crippen LogP contribution in [0.2, 0.25) is 0 Å². The van der Waals surface area contributed by atoms with Gasteiger partial charge in [0.15, 0.2) is 0 Å². The van der Waals surface area contributed by atoms with Crippen molar-refractivity contribution in [1.29, 1.82) is 5.41 Å². The molecular formula is C21H27N4O5+. The van der Waals surface area contributed by atoms with E-state index in [1.807, 2.05) is 0 Å². The van der Waals surface area contributed by atoms with Crippen molar-refractivity contribution in [2.24, 2.45) is 0 Å². The number of nitrogens with one attached hydrogen (secondary N) is 3. The molecule has 0 saturated heterocycles. The number of aliphatic hydroxyl groups excluding tert-OH is 1. The molecule has 3 rings (SSSR count). The fourth-order valence-corrected chi connectivity index (χ4v) is 3.43. The monoisotopic (exact) mass is 415 g/mol. The Hall–Kier alpha value is -3.33. The lowest BCUT2D eigenvalue weighted by Crippen LogP contribution is -2.43. The SMILES string of the molecule is COC1=CC(=N)/C(=C\NC2CCC(O)CC2)C=C1NC(=O)c1cccc(OC)[n+]1O. The quantitative estimate of drug-likeness (QED) is 0.351. The van der Waals surface area contributed by atoms with Crippen LogP contribution in [0, 0.1) is 5.41 Å². The first-order valence-electron chi connectivity index (χ1n) is 9.73. The Morgan fingerprint density at radius 2 is 1.93 bits per heavy atom. The minimum atomic E-state index is -0.562. The Morgan fingerprint density at radius 1 is 1.20 bits per heavy atom. The standard InChI is InChI=1S/C21H26N4O5/c1-29-19-11-16(22)13(12-23-14-6-8-15(26)9-7-14)10-17(19)24-21(27)18-4-3-5-20(30-2)25(18)28/h3-5,10-12,14-15,22,26-28H,6-9H2,1-2H3/p+1. The smallest absolute Gasteiger partial charge is 0.417 e. The van der Waals surface area contributed by atoms with Crippen molar-refractivity contribution in [3.05, 3.63) is 59.3 Å². The number of aromatic nitrogens is 1. The zero-order valence-corrected chi connectivity index (χ0v) is 17.0. The zero-order valence-electron chi connectivity index (χ0n) is 17.0. The van der Waals surface area contributed by atoms with Crippen LogP contribution in [0.5, 0.6) is 5.88 Å². The summed E-state index contributed by atoms with van der Waals surface area (Å²) in [4.78, 5) is 12.7. The van der Waals surface area contributed by atoms with Crippen molar-refractivity contribution in [3.8, 4) is 5.88 Å². The van der Waals surface area contributed by atoms with Crippen LogP contribution < -0.4 is 20.1 Å².